The molecule has 0 aliphatic rings. The molecule has 0 radical (unpaired) electrons. The van der Waals surface area contributed by atoms with Crippen LogP contribution in [0.3, 0.4) is 0 Å². The van der Waals surface area contributed by atoms with Crippen molar-refractivity contribution >= 4 is 5.82 Å². The van der Waals surface area contributed by atoms with Crippen LogP contribution in [0.15, 0.2) is 17.2 Å². The first-order valence-corrected chi connectivity index (χ1v) is 6.50. The minimum atomic E-state index is -0.285. The summed E-state index contributed by atoms with van der Waals surface area (Å²) in [5.74, 6) is 0.419. The van der Waals surface area contributed by atoms with E-state index in [1.54, 1.807) is 17.0 Å². The van der Waals surface area contributed by atoms with E-state index >= 15 is 0 Å². The fourth-order valence-electron chi connectivity index (χ4n) is 1.91. The van der Waals surface area contributed by atoms with Crippen molar-refractivity contribution in [1.29, 1.82) is 5.26 Å². The molecule has 5 heteroatoms. The second-order valence-corrected chi connectivity index (χ2v) is 5.79. The minimum absolute atomic E-state index is 0.110. The summed E-state index contributed by atoms with van der Waals surface area (Å²) in [4.78, 5) is 18.6. The van der Waals surface area contributed by atoms with Crippen molar-refractivity contribution < 1.29 is 0 Å². The quantitative estimate of drug-likeness (QED) is 0.834. The van der Waals surface area contributed by atoms with Crippen LogP contribution in [0.1, 0.15) is 41.0 Å². The Balaban J connectivity index is 3.26. The molecule has 0 bridgehead atoms. The van der Waals surface area contributed by atoms with E-state index in [1.165, 1.54) is 0 Å². The molecule has 0 aromatic carbocycles. The van der Waals surface area contributed by atoms with Crippen LogP contribution >= 0.6 is 0 Å². The molecule has 1 aromatic heterocycles. The van der Waals surface area contributed by atoms with E-state index in [4.69, 9.17) is 5.26 Å². The third-order valence-electron chi connectivity index (χ3n) is 2.91. The number of nitriles is 1. The molecule has 0 saturated heterocycles. The van der Waals surface area contributed by atoms with Gasteiger partial charge in [0.1, 0.15) is 0 Å². The first kappa shape index (κ1) is 15.2. The van der Waals surface area contributed by atoms with Crippen molar-refractivity contribution in [2.45, 2.75) is 52.6 Å². The van der Waals surface area contributed by atoms with Gasteiger partial charge in [-0.15, -0.1) is 0 Å². The summed E-state index contributed by atoms with van der Waals surface area (Å²) in [6.07, 6.45) is 3.72. The Morgan fingerprint density at radius 1 is 1.47 bits per heavy atom. The van der Waals surface area contributed by atoms with Gasteiger partial charge in [-0.2, -0.15) is 5.26 Å². The topological polar surface area (TPSA) is 61.9 Å². The molecule has 0 spiro atoms. The lowest BCUT2D eigenvalue weighted by Gasteiger charge is -2.29. The SMILES string of the molecule is CC(C)N(CCC#N)c1nccn(C(C)(C)C)c1=O. The molecule has 0 saturated carbocycles. The molecule has 0 fully saturated rings. The van der Waals surface area contributed by atoms with E-state index in [-0.39, 0.29) is 17.1 Å². The summed E-state index contributed by atoms with van der Waals surface area (Å²) in [5.41, 5.74) is -0.395. The number of hydrogen-bond donors (Lipinski definition) is 0. The predicted molar refractivity (Wildman–Crippen MR) is 76.2 cm³/mol. The summed E-state index contributed by atoms with van der Waals surface area (Å²) in [5, 5.41) is 8.72. The van der Waals surface area contributed by atoms with Gasteiger partial charge in [0.25, 0.3) is 5.56 Å². The smallest absolute Gasteiger partial charge is 0.293 e. The van der Waals surface area contributed by atoms with Crippen LogP contribution in [0.25, 0.3) is 0 Å². The zero-order chi connectivity index (χ0) is 14.6. The van der Waals surface area contributed by atoms with Crippen LogP contribution in [0.5, 0.6) is 0 Å². The van der Waals surface area contributed by atoms with Gasteiger partial charge in [-0.3, -0.25) is 4.79 Å². The largest absolute Gasteiger partial charge is 0.349 e. The molecule has 5 nitrogen and oxygen atoms in total. The molecule has 1 rings (SSSR count). The molecule has 0 unspecified atom stereocenters. The molecule has 0 aliphatic carbocycles. The van der Waals surface area contributed by atoms with E-state index in [2.05, 4.69) is 11.1 Å². The highest BCUT2D eigenvalue weighted by molar-refractivity contribution is 5.37. The molecule has 0 atom stereocenters. The number of aromatic nitrogens is 2. The number of anilines is 1. The molecule has 19 heavy (non-hydrogen) atoms. The summed E-state index contributed by atoms with van der Waals surface area (Å²) in [7, 11) is 0. The molecule has 0 amide bonds. The van der Waals surface area contributed by atoms with Gasteiger partial charge in [0.15, 0.2) is 5.82 Å². The predicted octanol–water partition coefficient (Wildman–Crippen LogP) is 2.13. The van der Waals surface area contributed by atoms with E-state index < -0.39 is 0 Å². The summed E-state index contributed by atoms with van der Waals surface area (Å²) < 4.78 is 1.68. The molecular formula is C14H22N4O. The standard InChI is InChI=1S/C14H22N4O/c1-11(2)17(9-6-7-15)12-13(19)18(10-8-16-12)14(3,4)5/h8,10-11H,6,9H2,1-5H3. The van der Waals surface area contributed by atoms with E-state index in [0.29, 0.717) is 18.8 Å². The van der Waals surface area contributed by atoms with Gasteiger partial charge in [-0.1, -0.05) is 0 Å². The highest BCUT2D eigenvalue weighted by Crippen LogP contribution is 2.14. The van der Waals surface area contributed by atoms with Gasteiger partial charge < -0.3 is 9.47 Å². The second-order valence-electron chi connectivity index (χ2n) is 5.79. The number of nitrogens with zero attached hydrogens (tertiary/aromatic N) is 4. The number of rotatable bonds is 4. The molecule has 0 N–H and O–H groups in total. The third kappa shape index (κ3) is 3.57. The van der Waals surface area contributed by atoms with Crippen molar-refractivity contribution in [1.82, 2.24) is 9.55 Å². The van der Waals surface area contributed by atoms with Gasteiger partial charge in [0.05, 0.1) is 12.5 Å². The average Bonchev–Trinajstić information content (AvgIpc) is 2.29. The van der Waals surface area contributed by atoms with Gasteiger partial charge in [0, 0.05) is 30.5 Å². The maximum absolute atomic E-state index is 12.5. The molecule has 1 aromatic rings. The van der Waals surface area contributed by atoms with Gasteiger partial charge in [0.2, 0.25) is 0 Å². The Morgan fingerprint density at radius 2 is 2.11 bits per heavy atom. The van der Waals surface area contributed by atoms with Crippen molar-refractivity contribution in [3.63, 3.8) is 0 Å². The van der Waals surface area contributed by atoms with Crippen molar-refractivity contribution in [2.75, 3.05) is 11.4 Å². The van der Waals surface area contributed by atoms with Gasteiger partial charge in [-0.25, -0.2) is 4.98 Å². The Bertz CT molecular complexity index is 519. The summed E-state index contributed by atoms with van der Waals surface area (Å²) in [6.45, 7) is 10.4. The van der Waals surface area contributed by atoms with Crippen LogP contribution in [-0.4, -0.2) is 22.1 Å². The van der Waals surface area contributed by atoms with Crippen LogP contribution in [-0.2, 0) is 5.54 Å². The van der Waals surface area contributed by atoms with Crippen LogP contribution in [0, 0.1) is 11.3 Å². The van der Waals surface area contributed by atoms with Crippen LogP contribution in [0.4, 0.5) is 5.82 Å². The minimum Gasteiger partial charge on any atom is -0.349 e. The fraction of sp³-hybridized carbons (Fsp3) is 0.643. The first-order valence-electron chi connectivity index (χ1n) is 6.50. The highest BCUT2D eigenvalue weighted by Gasteiger charge is 2.21. The third-order valence-corrected chi connectivity index (χ3v) is 2.91. The Morgan fingerprint density at radius 3 is 2.58 bits per heavy atom. The monoisotopic (exact) mass is 262 g/mol. The molecule has 104 valence electrons. The second kappa shape index (κ2) is 5.87. The lowest BCUT2D eigenvalue weighted by Crippen LogP contribution is -2.41. The lowest BCUT2D eigenvalue weighted by atomic mass is 10.1. The van der Waals surface area contributed by atoms with E-state index in [1.807, 2.05) is 39.5 Å². The zero-order valence-electron chi connectivity index (χ0n) is 12.3. The Labute approximate surface area is 114 Å². The molecular weight excluding hydrogens is 240 g/mol. The van der Waals surface area contributed by atoms with Crippen LogP contribution < -0.4 is 10.5 Å². The highest BCUT2D eigenvalue weighted by atomic mass is 16.1. The van der Waals surface area contributed by atoms with Crippen molar-refractivity contribution in [2.24, 2.45) is 0 Å². The summed E-state index contributed by atoms with van der Waals surface area (Å²) in [6, 6.07) is 2.24. The Hall–Kier alpha value is -1.83. The zero-order valence-corrected chi connectivity index (χ0v) is 12.3. The van der Waals surface area contributed by atoms with Crippen LogP contribution in [0.2, 0.25) is 0 Å². The average molecular weight is 262 g/mol. The lowest BCUT2D eigenvalue weighted by molar-refractivity contribution is 0.381. The molecule has 0 aliphatic heterocycles. The van der Waals surface area contributed by atoms with Crippen molar-refractivity contribution in [3.8, 4) is 6.07 Å². The van der Waals surface area contributed by atoms with Gasteiger partial charge >= 0.3 is 0 Å². The maximum atomic E-state index is 12.5. The van der Waals surface area contributed by atoms with E-state index in [0.717, 1.165) is 0 Å². The maximum Gasteiger partial charge on any atom is 0.293 e. The molecule has 1 heterocycles. The first-order chi connectivity index (χ1) is 8.79. The van der Waals surface area contributed by atoms with E-state index in [9.17, 15) is 4.79 Å². The summed E-state index contributed by atoms with van der Waals surface area (Å²) >= 11 is 0. The fourth-order valence-corrected chi connectivity index (χ4v) is 1.91. The van der Waals surface area contributed by atoms with Crippen molar-refractivity contribution in [3.05, 3.63) is 22.7 Å². The number of hydrogen-bond acceptors (Lipinski definition) is 4. The normalized spacial score (nSPS) is 11.4. The Kier molecular flexibility index (Phi) is 4.71. The van der Waals surface area contributed by atoms with Gasteiger partial charge in [-0.05, 0) is 34.6 Å².